The van der Waals surface area contributed by atoms with Crippen LogP contribution in [0.25, 0.3) is 0 Å². The fourth-order valence-corrected chi connectivity index (χ4v) is 3.85. The smallest absolute Gasteiger partial charge is 0.0640 e. The molecule has 0 bridgehead atoms. The molecule has 0 aliphatic carbocycles. The summed E-state index contributed by atoms with van der Waals surface area (Å²) in [6.07, 6.45) is 0. The van der Waals surface area contributed by atoms with Gasteiger partial charge in [-0.05, 0) is 19.1 Å². The summed E-state index contributed by atoms with van der Waals surface area (Å²) in [5, 5.41) is 0.916. The van der Waals surface area contributed by atoms with Gasteiger partial charge < -0.3 is 5.73 Å². The summed E-state index contributed by atoms with van der Waals surface area (Å²) in [5.74, 6) is 0. The van der Waals surface area contributed by atoms with Crippen molar-refractivity contribution < 1.29 is 4.21 Å². The fourth-order valence-electron chi connectivity index (χ4n) is 1.62. The maximum atomic E-state index is 11.9. The molecule has 1 heterocycles. The van der Waals surface area contributed by atoms with Gasteiger partial charge >= 0.3 is 0 Å². The highest BCUT2D eigenvalue weighted by atomic mass is 35.5. The Morgan fingerprint density at radius 2 is 1.93 bits per heavy atom. The number of nitrogens with two attached hydrogens (primary N) is 1. The first-order valence-electron chi connectivity index (χ1n) is 4.18. The molecule has 3 unspecified atom stereocenters. The second-order valence-corrected chi connectivity index (χ2v) is 5.86. The molecule has 5 heteroatoms. The van der Waals surface area contributed by atoms with Crippen LogP contribution >= 0.6 is 23.2 Å². The topological polar surface area (TPSA) is 43.1 Å². The van der Waals surface area contributed by atoms with Crippen LogP contribution in [0.15, 0.2) is 17.0 Å². The third kappa shape index (κ3) is 1.31. The predicted octanol–water partition coefficient (Wildman–Crippen LogP) is 2.50. The monoisotopic (exact) mass is 249 g/mol. The quantitative estimate of drug-likeness (QED) is 0.768. The van der Waals surface area contributed by atoms with Crippen LogP contribution in [-0.4, -0.2) is 9.46 Å². The number of hydrogen-bond acceptors (Lipinski definition) is 2. The van der Waals surface area contributed by atoms with Gasteiger partial charge in [-0.25, -0.2) is 0 Å². The number of rotatable bonds is 0. The minimum absolute atomic E-state index is 0.123. The van der Waals surface area contributed by atoms with E-state index in [4.69, 9.17) is 28.9 Å². The van der Waals surface area contributed by atoms with Crippen LogP contribution in [0.2, 0.25) is 10.0 Å². The zero-order valence-corrected chi connectivity index (χ0v) is 9.79. The third-order valence-electron chi connectivity index (χ3n) is 2.47. The standard InChI is InChI=1S/C9H9Cl2NOS/c1-4-8(12)7-5(10)2-3-6(11)9(7)14(4)13/h2-4,8H,12H2,1H3. The Morgan fingerprint density at radius 3 is 2.50 bits per heavy atom. The van der Waals surface area contributed by atoms with Gasteiger partial charge in [0.25, 0.3) is 0 Å². The van der Waals surface area contributed by atoms with Gasteiger partial charge in [-0.3, -0.25) is 4.21 Å². The number of hydrogen-bond donors (Lipinski definition) is 1. The molecular weight excluding hydrogens is 241 g/mol. The van der Waals surface area contributed by atoms with E-state index in [1.54, 1.807) is 12.1 Å². The van der Waals surface area contributed by atoms with E-state index in [1.165, 1.54) is 0 Å². The highest BCUT2D eigenvalue weighted by molar-refractivity contribution is 7.86. The van der Waals surface area contributed by atoms with Crippen molar-refractivity contribution in [2.75, 3.05) is 0 Å². The molecule has 1 aliphatic heterocycles. The molecule has 0 spiro atoms. The van der Waals surface area contributed by atoms with Crippen LogP contribution in [0.1, 0.15) is 18.5 Å². The van der Waals surface area contributed by atoms with Crippen molar-refractivity contribution in [3.63, 3.8) is 0 Å². The molecule has 0 saturated heterocycles. The Kier molecular flexibility index (Phi) is 2.60. The van der Waals surface area contributed by atoms with E-state index >= 15 is 0 Å². The first kappa shape index (κ1) is 10.4. The summed E-state index contributed by atoms with van der Waals surface area (Å²) in [7, 11) is -1.14. The fraction of sp³-hybridized carbons (Fsp3) is 0.333. The second kappa shape index (κ2) is 3.49. The van der Waals surface area contributed by atoms with E-state index in [2.05, 4.69) is 0 Å². The molecular formula is C9H9Cl2NOS. The van der Waals surface area contributed by atoms with Crippen molar-refractivity contribution in [1.29, 1.82) is 0 Å². The molecule has 1 aromatic carbocycles. The average molecular weight is 250 g/mol. The maximum absolute atomic E-state index is 11.9. The SMILES string of the molecule is CC1C(N)c2c(Cl)ccc(Cl)c2S1=O. The zero-order chi connectivity index (χ0) is 10.5. The Morgan fingerprint density at radius 1 is 1.36 bits per heavy atom. The Balaban J connectivity index is 2.74. The van der Waals surface area contributed by atoms with Crippen molar-refractivity contribution in [1.82, 2.24) is 0 Å². The molecule has 1 aromatic rings. The number of fused-ring (bicyclic) bond motifs is 1. The zero-order valence-electron chi connectivity index (χ0n) is 7.46. The van der Waals surface area contributed by atoms with Crippen LogP contribution < -0.4 is 5.73 Å². The summed E-state index contributed by atoms with van der Waals surface area (Å²) in [6.45, 7) is 1.84. The van der Waals surface area contributed by atoms with Crippen molar-refractivity contribution in [3.05, 3.63) is 27.7 Å². The highest BCUT2D eigenvalue weighted by Crippen LogP contribution is 2.42. The molecule has 3 atom stereocenters. The lowest BCUT2D eigenvalue weighted by Crippen LogP contribution is -2.20. The third-order valence-corrected chi connectivity index (χ3v) is 5.04. The molecule has 1 aliphatic rings. The summed E-state index contributed by atoms with van der Waals surface area (Å²) in [4.78, 5) is 0.610. The molecule has 2 rings (SSSR count). The molecule has 0 saturated carbocycles. The van der Waals surface area contributed by atoms with Crippen LogP contribution in [0, 0.1) is 0 Å². The lowest BCUT2D eigenvalue weighted by molar-refractivity contribution is 0.662. The second-order valence-electron chi connectivity index (χ2n) is 3.30. The summed E-state index contributed by atoms with van der Waals surface area (Å²) < 4.78 is 11.9. The van der Waals surface area contributed by atoms with E-state index < -0.39 is 10.8 Å². The average Bonchev–Trinajstić information content (AvgIpc) is 2.38. The van der Waals surface area contributed by atoms with E-state index in [0.29, 0.717) is 14.9 Å². The van der Waals surface area contributed by atoms with Gasteiger partial charge in [0.15, 0.2) is 0 Å². The van der Waals surface area contributed by atoms with E-state index in [-0.39, 0.29) is 11.3 Å². The first-order chi connectivity index (χ1) is 6.54. The van der Waals surface area contributed by atoms with Gasteiger partial charge in [0.1, 0.15) is 0 Å². The minimum Gasteiger partial charge on any atom is -0.323 e. The van der Waals surface area contributed by atoms with Crippen LogP contribution in [0.5, 0.6) is 0 Å². The molecule has 0 amide bonds. The van der Waals surface area contributed by atoms with Gasteiger partial charge in [0.05, 0.1) is 26.0 Å². The lowest BCUT2D eigenvalue weighted by Gasteiger charge is -2.09. The van der Waals surface area contributed by atoms with Crippen molar-refractivity contribution in [2.45, 2.75) is 23.1 Å². The number of benzene rings is 1. The minimum atomic E-state index is -1.14. The van der Waals surface area contributed by atoms with Gasteiger partial charge in [0, 0.05) is 16.6 Å². The lowest BCUT2D eigenvalue weighted by atomic mass is 10.1. The van der Waals surface area contributed by atoms with Gasteiger partial charge in [-0.15, -0.1) is 0 Å². The van der Waals surface area contributed by atoms with E-state index in [0.717, 1.165) is 5.56 Å². The van der Waals surface area contributed by atoms with Crippen LogP contribution in [-0.2, 0) is 10.8 Å². The van der Waals surface area contributed by atoms with E-state index in [1.807, 2.05) is 6.92 Å². The van der Waals surface area contributed by atoms with Gasteiger partial charge in [-0.2, -0.15) is 0 Å². The Bertz CT molecular complexity index is 422. The summed E-state index contributed by atoms with van der Waals surface area (Å²) >= 11 is 12.0. The molecule has 0 radical (unpaired) electrons. The largest absolute Gasteiger partial charge is 0.323 e. The molecule has 0 fully saturated rings. The predicted molar refractivity (Wildman–Crippen MR) is 59.3 cm³/mol. The number of halogens is 2. The summed E-state index contributed by atoms with van der Waals surface area (Å²) in [5.41, 5.74) is 6.65. The van der Waals surface area contributed by atoms with E-state index in [9.17, 15) is 4.21 Å². The first-order valence-corrected chi connectivity index (χ1v) is 6.15. The normalized spacial score (nSPS) is 30.4. The van der Waals surface area contributed by atoms with Gasteiger partial charge in [0.2, 0.25) is 0 Å². The highest BCUT2D eigenvalue weighted by Gasteiger charge is 2.36. The summed E-state index contributed by atoms with van der Waals surface area (Å²) in [6, 6.07) is 3.07. The Labute approximate surface area is 94.8 Å². The van der Waals surface area contributed by atoms with Gasteiger partial charge in [-0.1, -0.05) is 23.2 Å². The molecule has 2 N–H and O–H groups in total. The van der Waals surface area contributed by atoms with Crippen molar-refractivity contribution >= 4 is 34.0 Å². The van der Waals surface area contributed by atoms with Crippen molar-refractivity contribution in [2.24, 2.45) is 5.73 Å². The molecule has 0 aromatic heterocycles. The van der Waals surface area contributed by atoms with Crippen LogP contribution in [0.3, 0.4) is 0 Å². The molecule has 14 heavy (non-hydrogen) atoms. The molecule has 2 nitrogen and oxygen atoms in total. The Hall–Kier alpha value is -0.0900. The maximum Gasteiger partial charge on any atom is 0.0640 e. The van der Waals surface area contributed by atoms with Crippen LogP contribution in [0.4, 0.5) is 0 Å². The molecule has 76 valence electrons. The van der Waals surface area contributed by atoms with Crippen molar-refractivity contribution in [3.8, 4) is 0 Å².